The molecule has 2 saturated carbocycles. The van der Waals surface area contributed by atoms with Crippen LogP contribution in [0.2, 0.25) is 0 Å². The van der Waals surface area contributed by atoms with Crippen molar-refractivity contribution in [1.29, 1.82) is 0 Å². The number of aromatic nitrogens is 2. The summed E-state index contributed by atoms with van der Waals surface area (Å²) in [4.78, 5) is 35.5. The van der Waals surface area contributed by atoms with Gasteiger partial charge in [-0.1, -0.05) is 51.9 Å². The number of hydrogen-bond donors (Lipinski definition) is 2. The van der Waals surface area contributed by atoms with Crippen molar-refractivity contribution < 1.29 is 43.1 Å². The number of aliphatic hydroxyl groups is 1. The first-order valence-electron chi connectivity index (χ1n) is 20.5. The fourth-order valence-corrected chi connectivity index (χ4v) is 7.89. The summed E-state index contributed by atoms with van der Waals surface area (Å²) in [6.45, 7) is 24.8. The molecular formula is C44H72N2O9. The number of carboxylic acids is 1. The van der Waals surface area contributed by atoms with E-state index in [-0.39, 0.29) is 49.6 Å². The molecule has 2 fully saturated rings. The lowest BCUT2D eigenvalue weighted by Crippen LogP contribution is -2.26. The van der Waals surface area contributed by atoms with Gasteiger partial charge in [0.25, 0.3) is 0 Å². The monoisotopic (exact) mass is 773 g/mol. The van der Waals surface area contributed by atoms with Gasteiger partial charge in [-0.25, -0.2) is 0 Å². The minimum Gasteiger partial charge on any atom is -0.481 e. The standard InChI is InChI=1S/C22H35NO5.C22H37NO4/c1-21(2,3)13-14-9-16(10-14)17-12-18(28-23-17)15(7-8-19(24)25)11-20(26)27-22(4,5)6;1-21(2,3)14-15-10-17(11-15)18-13-19(27-23-18)16(8-7-9-24)12-20(25)26-22(4,5)6/h12,14-16H,7-11,13H2,1-6H3,(H,24,25);13,15-17,24H,7-12,14H2,1-6H3/t14?,15-,16?;15?,16-,17?/m00/s1. The molecule has 2 N–H and O–H groups in total. The predicted molar refractivity (Wildman–Crippen MR) is 212 cm³/mol. The molecule has 11 heteroatoms. The van der Waals surface area contributed by atoms with Crippen molar-refractivity contribution in [1.82, 2.24) is 10.3 Å². The number of rotatable bonds is 16. The number of carboxylic acid groups (broad SMARTS) is 1. The van der Waals surface area contributed by atoms with Crippen molar-refractivity contribution in [3.8, 4) is 0 Å². The quantitative estimate of drug-likeness (QED) is 0.156. The lowest BCUT2D eigenvalue weighted by atomic mass is 9.67. The van der Waals surface area contributed by atoms with Crippen LogP contribution in [0.5, 0.6) is 0 Å². The van der Waals surface area contributed by atoms with E-state index >= 15 is 0 Å². The average molecular weight is 773 g/mol. The molecule has 11 nitrogen and oxygen atoms in total. The highest BCUT2D eigenvalue weighted by Crippen LogP contribution is 2.48. The number of aliphatic carboxylic acids is 1. The van der Waals surface area contributed by atoms with Crippen molar-refractivity contribution in [2.24, 2.45) is 22.7 Å². The summed E-state index contributed by atoms with van der Waals surface area (Å²) >= 11 is 0. The van der Waals surface area contributed by atoms with Crippen LogP contribution in [0.4, 0.5) is 0 Å². The van der Waals surface area contributed by atoms with E-state index in [0.29, 0.717) is 47.7 Å². The fraction of sp³-hybridized carbons (Fsp3) is 0.795. The van der Waals surface area contributed by atoms with Crippen LogP contribution in [-0.4, -0.2) is 56.2 Å². The SMILES string of the molecule is CC(C)(C)CC1CC(c2cc([C@@H](CCC(=O)O)CC(=O)OC(C)(C)C)on2)C1.CC(C)(C)CC1CC(c2cc([C@@H](CCCO)CC(=O)OC(C)(C)C)on2)C1. The first-order chi connectivity index (χ1) is 25.3. The molecule has 2 aromatic rings. The van der Waals surface area contributed by atoms with Gasteiger partial charge >= 0.3 is 17.9 Å². The molecule has 2 aliphatic rings. The van der Waals surface area contributed by atoms with Crippen molar-refractivity contribution in [3.05, 3.63) is 35.0 Å². The number of ether oxygens (including phenoxy) is 2. The topological polar surface area (TPSA) is 162 Å². The van der Waals surface area contributed by atoms with Crippen molar-refractivity contribution in [3.63, 3.8) is 0 Å². The zero-order valence-corrected chi connectivity index (χ0v) is 36.0. The van der Waals surface area contributed by atoms with Gasteiger partial charge < -0.3 is 28.7 Å². The Hall–Kier alpha value is -3.21. The maximum Gasteiger partial charge on any atom is 0.307 e. The third-order valence-corrected chi connectivity index (χ3v) is 10.1. The summed E-state index contributed by atoms with van der Waals surface area (Å²) in [7, 11) is 0. The Bertz CT molecular complexity index is 1500. The highest BCUT2D eigenvalue weighted by Gasteiger charge is 2.37. The Morgan fingerprint density at radius 3 is 1.40 bits per heavy atom. The zero-order valence-electron chi connectivity index (χ0n) is 36.0. The smallest absolute Gasteiger partial charge is 0.307 e. The van der Waals surface area contributed by atoms with E-state index in [9.17, 15) is 19.5 Å². The lowest BCUT2D eigenvalue weighted by molar-refractivity contribution is -0.156. The lowest BCUT2D eigenvalue weighted by Gasteiger charge is -2.38. The fourth-order valence-electron chi connectivity index (χ4n) is 7.89. The molecule has 4 rings (SSSR count). The molecule has 0 spiro atoms. The van der Waals surface area contributed by atoms with E-state index in [1.165, 1.54) is 12.8 Å². The summed E-state index contributed by atoms with van der Waals surface area (Å²) in [6, 6.07) is 3.93. The average Bonchev–Trinajstić information content (AvgIpc) is 3.65. The second-order valence-electron chi connectivity index (χ2n) is 20.7. The third-order valence-electron chi connectivity index (χ3n) is 10.1. The van der Waals surface area contributed by atoms with Crippen molar-refractivity contribution in [2.75, 3.05) is 6.61 Å². The number of carbonyl (C=O) groups excluding carboxylic acids is 2. The van der Waals surface area contributed by atoms with Gasteiger partial charge in [0.2, 0.25) is 0 Å². The van der Waals surface area contributed by atoms with Crippen LogP contribution >= 0.6 is 0 Å². The largest absolute Gasteiger partial charge is 0.481 e. The van der Waals surface area contributed by atoms with Crippen LogP contribution in [-0.2, 0) is 23.9 Å². The Morgan fingerprint density at radius 2 is 1.07 bits per heavy atom. The van der Waals surface area contributed by atoms with Crippen LogP contribution in [0.3, 0.4) is 0 Å². The second kappa shape index (κ2) is 19.3. The van der Waals surface area contributed by atoms with E-state index in [4.69, 9.17) is 23.6 Å². The minimum atomic E-state index is -0.891. The van der Waals surface area contributed by atoms with Gasteiger partial charge in [0.1, 0.15) is 22.7 Å². The summed E-state index contributed by atoms with van der Waals surface area (Å²) < 4.78 is 22.0. The molecule has 2 heterocycles. The Balaban J connectivity index is 0.000000296. The summed E-state index contributed by atoms with van der Waals surface area (Å²) in [5.74, 6) is 1.75. The highest BCUT2D eigenvalue weighted by atomic mass is 16.6. The van der Waals surface area contributed by atoms with Gasteiger partial charge in [-0.15, -0.1) is 0 Å². The summed E-state index contributed by atoms with van der Waals surface area (Å²) in [5.41, 5.74) is 1.56. The molecule has 312 valence electrons. The van der Waals surface area contributed by atoms with Crippen molar-refractivity contribution >= 4 is 17.9 Å². The van der Waals surface area contributed by atoms with E-state index in [0.717, 1.165) is 54.7 Å². The molecule has 0 unspecified atom stereocenters. The van der Waals surface area contributed by atoms with Crippen LogP contribution in [0.1, 0.15) is 207 Å². The van der Waals surface area contributed by atoms with Gasteiger partial charge in [0, 0.05) is 48.8 Å². The highest BCUT2D eigenvalue weighted by molar-refractivity contribution is 5.71. The summed E-state index contributed by atoms with van der Waals surface area (Å²) in [6.07, 6.45) is 8.93. The van der Waals surface area contributed by atoms with Crippen LogP contribution in [0.25, 0.3) is 0 Å². The molecule has 0 saturated heterocycles. The molecule has 2 aromatic heterocycles. The van der Waals surface area contributed by atoms with Gasteiger partial charge in [0.05, 0.1) is 24.2 Å². The molecular weight excluding hydrogens is 700 g/mol. The Kier molecular flexibility index (Phi) is 16.2. The molecule has 55 heavy (non-hydrogen) atoms. The molecule has 0 aliphatic heterocycles. The first kappa shape index (κ1) is 46.2. The van der Waals surface area contributed by atoms with E-state index in [1.807, 2.05) is 53.7 Å². The Labute approximate surface area is 330 Å². The first-order valence-corrected chi connectivity index (χ1v) is 20.5. The molecule has 0 radical (unpaired) electrons. The number of aliphatic hydroxyl groups excluding tert-OH is 1. The predicted octanol–water partition coefficient (Wildman–Crippen LogP) is 10.5. The van der Waals surface area contributed by atoms with Gasteiger partial charge in [-0.05, 0) is 122 Å². The maximum absolute atomic E-state index is 12.2. The third kappa shape index (κ3) is 17.2. The normalized spacial score (nSPS) is 21.3. The van der Waals surface area contributed by atoms with E-state index in [1.54, 1.807) is 0 Å². The molecule has 0 aromatic carbocycles. The van der Waals surface area contributed by atoms with Gasteiger partial charge in [-0.3, -0.25) is 14.4 Å². The van der Waals surface area contributed by atoms with Crippen LogP contribution < -0.4 is 0 Å². The molecule has 2 aliphatic carbocycles. The zero-order chi connectivity index (χ0) is 41.4. The Morgan fingerprint density at radius 1 is 0.691 bits per heavy atom. The number of carbonyl (C=O) groups is 3. The number of hydrogen-bond acceptors (Lipinski definition) is 10. The molecule has 0 bridgehead atoms. The summed E-state index contributed by atoms with van der Waals surface area (Å²) in [5, 5.41) is 26.7. The molecule has 0 amide bonds. The van der Waals surface area contributed by atoms with Gasteiger partial charge in [0.15, 0.2) is 0 Å². The van der Waals surface area contributed by atoms with Crippen LogP contribution in [0, 0.1) is 22.7 Å². The van der Waals surface area contributed by atoms with E-state index in [2.05, 4.69) is 51.9 Å². The van der Waals surface area contributed by atoms with Gasteiger partial charge in [-0.2, -0.15) is 0 Å². The second-order valence-corrected chi connectivity index (χ2v) is 20.7. The number of nitrogens with zero attached hydrogens (tertiary/aromatic N) is 2. The minimum absolute atomic E-state index is 0.0272. The maximum atomic E-state index is 12.2. The van der Waals surface area contributed by atoms with Crippen molar-refractivity contribution in [2.45, 2.75) is 195 Å². The molecule has 2 atom stereocenters. The van der Waals surface area contributed by atoms with E-state index < -0.39 is 17.2 Å². The van der Waals surface area contributed by atoms with Crippen LogP contribution in [0.15, 0.2) is 21.2 Å². The number of esters is 2.